The van der Waals surface area contributed by atoms with Crippen LogP contribution < -0.4 is 0 Å². The normalized spacial score (nSPS) is 29.6. The molecule has 1 fully saturated rings. The number of rotatable bonds is 7. The van der Waals surface area contributed by atoms with Crippen LogP contribution in [0.3, 0.4) is 0 Å². The second kappa shape index (κ2) is 9.27. The fraction of sp³-hybridized carbons (Fsp3) is 0.533. The molecule has 0 aromatic heterocycles. The van der Waals surface area contributed by atoms with Crippen molar-refractivity contribution in [3.63, 3.8) is 0 Å². The van der Waals surface area contributed by atoms with Crippen molar-refractivity contribution in [3.05, 3.63) is 45.5 Å². The van der Waals surface area contributed by atoms with Crippen LogP contribution in [-0.2, 0) is 32.0 Å². The van der Waals surface area contributed by atoms with E-state index < -0.39 is 39.9 Å². The van der Waals surface area contributed by atoms with Crippen LogP contribution in [0.2, 0.25) is 0 Å². The lowest BCUT2D eigenvalue weighted by molar-refractivity contribution is -0.172. The number of carbonyl (C=O) groups is 4. The van der Waals surface area contributed by atoms with Crippen molar-refractivity contribution in [2.75, 3.05) is 0 Å². The zero-order valence-corrected chi connectivity index (χ0v) is 22.6. The summed E-state index contributed by atoms with van der Waals surface area (Å²) in [6.45, 7) is 8.09. The number of allylic oxidation sites excluding steroid dienone is 1. The number of phenols is 1. The maximum Gasteiger partial charge on any atom is 0.203 e. The highest BCUT2D eigenvalue weighted by molar-refractivity contribution is 6.26. The maximum atomic E-state index is 14.0. The second-order valence-electron chi connectivity index (χ2n) is 12.0. The molecule has 3 aliphatic rings. The lowest BCUT2D eigenvalue weighted by Crippen LogP contribution is -2.67. The number of carbonyl (C=O) groups excluding carboxylic acids is 4. The molecule has 4 unspecified atom stereocenters. The first-order valence-electron chi connectivity index (χ1n) is 13.1. The van der Waals surface area contributed by atoms with E-state index in [4.69, 9.17) is 0 Å². The van der Waals surface area contributed by atoms with E-state index in [1.807, 2.05) is 0 Å². The van der Waals surface area contributed by atoms with Crippen LogP contribution in [0.25, 0.3) is 5.76 Å². The van der Waals surface area contributed by atoms with Crippen LogP contribution in [0.4, 0.5) is 0 Å². The summed E-state index contributed by atoms with van der Waals surface area (Å²) in [5, 5.41) is 44.5. The van der Waals surface area contributed by atoms with Gasteiger partial charge >= 0.3 is 0 Å². The monoisotopic (exact) mass is 524 g/mol. The molecule has 0 saturated heterocycles. The van der Waals surface area contributed by atoms with E-state index in [0.29, 0.717) is 24.0 Å². The van der Waals surface area contributed by atoms with E-state index in [2.05, 4.69) is 0 Å². The molecule has 3 aliphatic carbocycles. The third-order valence-electron chi connectivity index (χ3n) is 8.69. The molecule has 4 atom stereocenters. The van der Waals surface area contributed by atoms with Crippen LogP contribution >= 0.6 is 0 Å². The van der Waals surface area contributed by atoms with Crippen LogP contribution in [-0.4, -0.2) is 55.3 Å². The molecule has 8 heteroatoms. The minimum Gasteiger partial charge on any atom is -0.507 e. The number of aliphatic hydroxyl groups is 3. The Kier molecular flexibility index (Phi) is 6.81. The van der Waals surface area contributed by atoms with Crippen molar-refractivity contribution in [3.8, 4) is 5.75 Å². The predicted octanol–water partition coefficient (Wildman–Crippen LogP) is 3.47. The standard InChI is InChI=1S/C30H36O8/c1-15-12-29(5)14-28(4)13-19-10-9-18(11-20(33)8-6-7-16(2)31)24(34)22(19)25(35)23(28)27(37)30(29,38)26(36)21(15)17(3)32/h9-10,17,32,34-35,38H,6-8,11-14H2,1-5H3. The number of aromatic hydroxyl groups is 1. The summed E-state index contributed by atoms with van der Waals surface area (Å²) < 4.78 is 0. The summed E-state index contributed by atoms with van der Waals surface area (Å²) in [7, 11) is 0. The van der Waals surface area contributed by atoms with E-state index in [9.17, 15) is 39.6 Å². The Balaban J connectivity index is 1.78. The van der Waals surface area contributed by atoms with Gasteiger partial charge in [-0.25, -0.2) is 0 Å². The molecule has 8 nitrogen and oxygen atoms in total. The quantitative estimate of drug-likeness (QED) is 0.396. The third kappa shape index (κ3) is 4.05. The summed E-state index contributed by atoms with van der Waals surface area (Å²) in [5.74, 6) is -2.78. The largest absolute Gasteiger partial charge is 0.507 e. The van der Waals surface area contributed by atoms with Crippen molar-refractivity contribution in [1.29, 1.82) is 0 Å². The fourth-order valence-corrected chi connectivity index (χ4v) is 7.14. The first-order valence-corrected chi connectivity index (χ1v) is 13.1. The van der Waals surface area contributed by atoms with E-state index in [-0.39, 0.29) is 71.7 Å². The zero-order valence-electron chi connectivity index (χ0n) is 22.6. The van der Waals surface area contributed by atoms with Crippen molar-refractivity contribution in [2.45, 2.75) is 91.3 Å². The molecule has 38 heavy (non-hydrogen) atoms. The van der Waals surface area contributed by atoms with Gasteiger partial charge in [0.2, 0.25) is 11.6 Å². The third-order valence-corrected chi connectivity index (χ3v) is 8.69. The average molecular weight is 525 g/mol. The maximum absolute atomic E-state index is 14.0. The van der Waals surface area contributed by atoms with Crippen molar-refractivity contribution < 1.29 is 39.6 Å². The Hall–Kier alpha value is -3.10. The molecule has 0 bridgehead atoms. The van der Waals surface area contributed by atoms with Crippen molar-refractivity contribution in [1.82, 2.24) is 0 Å². The Morgan fingerprint density at radius 1 is 1.05 bits per heavy atom. The van der Waals surface area contributed by atoms with Gasteiger partial charge in [-0.15, -0.1) is 0 Å². The van der Waals surface area contributed by atoms with Crippen molar-refractivity contribution >= 4 is 28.9 Å². The summed E-state index contributed by atoms with van der Waals surface area (Å²) in [5.41, 5.74) is -3.14. The van der Waals surface area contributed by atoms with Gasteiger partial charge in [-0.3, -0.25) is 14.4 Å². The van der Waals surface area contributed by atoms with Crippen LogP contribution in [0.5, 0.6) is 5.75 Å². The SMILES string of the molecule is CC(=O)CCCC(=O)Cc1ccc2c(c1O)C(O)=C1C(=O)C3(O)C(=O)C(C(C)O)=C(C)CC3(C)CC1(C)C2. The topological polar surface area (TPSA) is 149 Å². The highest BCUT2D eigenvalue weighted by Crippen LogP contribution is 2.62. The first kappa shape index (κ1) is 27.9. The number of hydrogen-bond donors (Lipinski definition) is 4. The summed E-state index contributed by atoms with van der Waals surface area (Å²) in [4.78, 5) is 51.2. The predicted molar refractivity (Wildman–Crippen MR) is 139 cm³/mol. The molecule has 0 aliphatic heterocycles. The first-order chi connectivity index (χ1) is 17.6. The lowest BCUT2D eigenvalue weighted by atomic mass is 9.46. The number of Topliss-reactive ketones (excluding diaryl/α,β-unsaturated/α-hetero) is 4. The molecule has 0 radical (unpaired) electrons. The van der Waals surface area contributed by atoms with E-state index >= 15 is 0 Å². The van der Waals surface area contributed by atoms with Gasteiger partial charge in [0, 0.05) is 46.8 Å². The van der Waals surface area contributed by atoms with Crippen molar-refractivity contribution in [2.24, 2.45) is 10.8 Å². The number of ketones is 4. The number of aliphatic hydroxyl groups excluding tert-OH is 2. The zero-order chi connectivity index (χ0) is 28.4. The number of benzene rings is 1. The highest BCUT2D eigenvalue weighted by Gasteiger charge is 2.68. The number of hydrogen-bond acceptors (Lipinski definition) is 8. The molecule has 4 N–H and O–H groups in total. The lowest BCUT2D eigenvalue weighted by Gasteiger charge is -2.56. The van der Waals surface area contributed by atoms with Gasteiger partial charge < -0.3 is 25.2 Å². The Bertz CT molecular complexity index is 1330. The molecule has 1 aromatic carbocycles. The average Bonchev–Trinajstić information content (AvgIpc) is 2.77. The van der Waals surface area contributed by atoms with E-state index in [0.717, 1.165) is 0 Å². The molecule has 204 valence electrons. The van der Waals surface area contributed by atoms with Crippen LogP contribution in [0, 0.1) is 10.8 Å². The minimum atomic E-state index is -2.47. The second-order valence-corrected chi connectivity index (χ2v) is 12.0. The molecule has 0 spiro atoms. The van der Waals surface area contributed by atoms with Gasteiger partial charge in [0.1, 0.15) is 23.1 Å². The van der Waals surface area contributed by atoms with Gasteiger partial charge in [0.25, 0.3) is 0 Å². The van der Waals surface area contributed by atoms with E-state index in [1.165, 1.54) is 13.8 Å². The summed E-state index contributed by atoms with van der Waals surface area (Å²) >= 11 is 0. The molecule has 1 saturated carbocycles. The highest BCUT2D eigenvalue weighted by atomic mass is 16.3. The molecular weight excluding hydrogens is 488 g/mol. The van der Waals surface area contributed by atoms with Gasteiger partial charge in [-0.2, -0.15) is 0 Å². The molecular formula is C30H36O8. The van der Waals surface area contributed by atoms with Gasteiger partial charge in [0.05, 0.1) is 11.7 Å². The Labute approximate surface area is 222 Å². The van der Waals surface area contributed by atoms with Gasteiger partial charge in [-0.1, -0.05) is 31.6 Å². The fourth-order valence-electron chi connectivity index (χ4n) is 7.14. The van der Waals surface area contributed by atoms with Gasteiger partial charge in [0.15, 0.2) is 5.60 Å². The molecule has 0 heterocycles. The van der Waals surface area contributed by atoms with E-state index in [1.54, 1.807) is 32.9 Å². The van der Waals surface area contributed by atoms with Gasteiger partial charge in [-0.05, 0) is 52.0 Å². The summed E-state index contributed by atoms with van der Waals surface area (Å²) in [6, 6.07) is 3.36. The Morgan fingerprint density at radius 3 is 2.32 bits per heavy atom. The number of phenolic OH excluding ortho intramolecular Hbond substituents is 1. The molecule has 0 amide bonds. The van der Waals surface area contributed by atoms with Crippen LogP contribution in [0.15, 0.2) is 28.9 Å². The smallest absolute Gasteiger partial charge is 0.203 e. The van der Waals surface area contributed by atoms with Crippen LogP contribution in [0.1, 0.15) is 83.4 Å². The molecule has 1 aromatic rings. The molecule has 4 rings (SSSR count). The number of fused-ring (bicyclic) bond motifs is 3. The minimum absolute atomic E-state index is 0.00615. The Morgan fingerprint density at radius 2 is 1.71 bits per heavy atom. The summed E-state index contributed by atoms with van der Waals surface area (Å²) in [6.07, 6.45) is 0.324.